The molecule has 1 N–H and O–H groups in total. The van der Waals surface area contributed by atoms with Crippen LogP contribution < -0.4 is 14.2 Å². The van der Waals surface area contributed by atoms with Crippen LogP contribution in [0, 0.1) is 11.2 Å². The lowest BCUT2D eigenvalue weighted by Gasteiger charge is -2.53. The number of hydrogen-bond acceptors (Lipinski definition) is 7. The molecule has 0 unspecified atom stereocenters. The molecule has 5 rings (SSSR count). The highest BCUT2D eigenvalue weighted by atomic mass is 32.2. The number of nitrogens with one attached hydrogen (secondary N) is 1. The molecule has 7 nitrogen and oxygen atoms in total. The first-order chi connectivity index (χ1) is 14.5. The zero-order chi connectivity index (χ0) is 20.7. The van der Waals surface area contributed by atoms with Crippen LogP contribution >= 0.6 is 12.1 Å². The van der Waals surface area contributed by atoms with Crippen molar-refractivity contribution in [3.05, 3.63) is 53.3 Å². The van der Waals surface area contributed by atoms with Gasteiger partial charge >= 0.3 is 6.09 Å². The van der Waals surface area contributed by atoms with Crippen molar-refractivity contribution in [2.75, 3.05) is 38.1 Å². The van der Waals surface area contributed by atoms with Gasteiger partial charge in [0.15, 0.2) is 5.82 Å². The van der Waals surface area contributed by atoms with Gasteiger partial charge in [0.1, 0.15) is 11.5 Å². The van der Waals surface area contributed by atoms with E-state index in [4.69, 9.17) is 14.2 Å². The molecule has 2 saturated heterocycles. The van der Waals surface area contributed by atoms with Gasteiger partial charge in [0.05, 0.1) is 39.1 Å². The van der Waals surface area contributed by atoms with E-state index in [1.165, 1.54) is 17.0 Å². The molecule has 2 aromatic carbocycles. The summed E-state index contributed by atoms with van der Waals surface area (Å²) in [7, 11) is 1.56. The SMILES string of the molecule is COc1ccc2c(c1)OC(=O)N(Cc1cccc(NSN3CC4(COC4)C3)c1F)C2. The van der Waals surface area contributed by atoms with Crippen molar-refractivity contribution in [1.82, 2.24) is 9.21 Å². The van der Waals surface area contributed by atoms with Crippen LogP contribution in [0.15, 0.2) is 36.4 Å². The van der Waals surface area contributed by atoms with Gasteiger partial charge in [-0.05, 0) is 18.2 Å². The summed E-state index contributed by atoms with van der Waals surface area (Å²) in [5.74, 6) is 0.739. The summed E-state index contributed by atoms with van der Waals surface area (Å²) in [5, 5.41) is 0. The maximum Gasteiger partial charge on any atom is 0.415 e. The molecular weight excluding hydrogens is 409 g/mol. The van der Waals surface area contributed by atoms with Crippen LogP contribution in [0.3, 0.4) is 0 Å². The van der Waals surface area contributed by atoms with Crippen molar-refractivity contribution in [1.29, 1.82) is 0 Å². The Kier molecular flexibility index (Phi) is 4.96. The number of amides is 1. The van der Waals surface area contributed by atoms with Crippen LogP contribution in [0.2, 0.25) is 0 Å². The second-order valence-corrected chi connectivity index (χ2v) is 8.86. The van der Waals surface area contributed by atoms with Crippen molar-refractivity contribution in [3.63, 3.8) is 0 Å². The Morgan fingerprint density at radius 3 is 2.83 bits per heavy atom. The van der Waals surface area contributed by atoms with Gasteiger partial charge in [-0.3, -0.25) is 4.90 Å². The number of hydrogen-bond donors (Lipinski definition) is 1. The predicted octanol–water partition coefficient (Wildman–Crippen LogP) is 3.66. The average Bonchev–Trinajstić information content (AvgIpc) is 2.68. The van der Waals surface area contributed by atoms with E-state index in [0.29, 0.717) is 34.7 Å². The van der Waals surface area contributed by atoms with Crippen LogP contribution in [0.5, 0.6) is 11.5 Å². The van der Waals surface area contributed by atoms with Gasteiger partial charge in [-0.15, -0.1) is 0 Å². The minimum Gasteiger partial charge on any atom is -0.497 e. The van der Waals surface area contributed by atoms with Crippen molar-refractivity contribution in [2.45, 2.75) is 13.1 Å². The Labute approximate surface area is 178 Å². The van der Waals surface area contributed by atoms with E-state index >= 15 is 4.39 Å². The monoisotopic (exact) mass is 431 g/mol. The molecule has 3 aliphatic rings. The van der Waals surface area contributed by atoms with Crippen molar-refractivity contribution in [3.8, 4) is 11.5 Å². The van der Waals surface area contributed by atoms with Gasteiger partial charge in [0.2, 0.25) is 0 Å². The number of anilines is 1. The lowest BCUT2D eigenvalue weighted by Crippen LogP contribution is -2.63. The molecule has 2 aromatic rings. The van der Waals surface area contributed by atoms with Crippen LogP contribution in [-0.2, 0) is 17.8 Å². The van der Waals surface area contributed by atoms with Gasteiger partial charge in [-0.2, -0.15) is 0 Å². The fourth-order valence-electron chi connectivity index (χ4n) is 3.88. The maximum absolute atomic E-state index is 15.0. The van der Waals surface area contributed by atoms with E-state index in [1.54, 1.807) is 31.4 Å². The quantitative estimate of drug-likeness (QED) is 0.701. The molecule has 0 bridgehead atoms. The molecule has 3 heterocycles. The Hall–Kier alpha value is -2.49. The number of fused-ring (bicyclic) bond motifs is 1. The maximum atomic E-state index is 15.0. The fourth-order valence-corrected chi connectivity index (χ4v) is 4.94. The van der Waals surface area contributed by atoms with Crippen molar-refractivity contribution < 1.29 is 23.4 Å². The lowest BCUT2D eigenvalue weighted by atomic mass is 9.80. The second kappa shape index (κ2) is 7.64. The topological polar surface area (TPSA) is 63.3 Å². The van der Waals surface area contributed by atoms with Gasteiger partial charge in [0.25, 0.3) is 0 Å². The first-order valence-electron chi connectivity index (χ1n) is 9.72. The average molecular weight is 431 g/mol. The lowest BCUT2D eigenvalue weighted by molar-refractivity contribution is -0.164. The molecule has 0 aliphatic carbocycles. The Morgan fingerprint density at radius 2 is 2.10 bits per heavy atom. The molecule has 0 aromatic heterocycles. The van der Waals surface area contributed by atoms with Crippen molar-refractivity contribution >= 4 is 23.9 Å². The summed E-state index contributed by atoms with van der Waals surface area (Å²) in [4.78, 5) is 13.9. The van der Waals surface area contributed by atoms with Gasteiger partial charge in [-0.1, -0.05) is 12.1 Å². The minimum absolute atomic E-state index is 0.125. The Morgan fingerprint density at radius 1 is 1.27 bits per heavy atom. The smallest absolute Gasteiger partial charge is 0.415 e. The first kappa shape index (κ1) is 19.5. The van der Waals surface area contributed by atoms with E-state index < -0.39 is 6.09 Å². The van der Waals surface area contributed by atoms with Gasteiger partial charge in [0, 0.05) is 47.8 Å². The van der Waals surface area contributed by atoms with E-state index in [0.717, 1.165) is 31.9 Å². The molecule has 0 atom stereocenters. The molecule has 3 aliphatic heterocycles. The van der Waals surface area contributed by atoms with Crippen LogP contribution in [0.25, 0.3) is 0 Å². The molecule has 0 radical (unpaired) electrons. The van der Waals surface area contributed by atoms with Crippen LogP contribution in [0.1, 0.15) is 11.1 Å². The largest absolute Gasteiger partial charge is 0.497 e. The summed E-state index contributed by atoms with van der Waals surface area (Å²) in [6, 6.07) is 10.5. The van der Waals surface area contributed by atoms with E-state index in [1.807, 2.05) is 12.1 Å². The molecular formula is C21H22FN3O4S. The zero-order valence-corrected chi connectivity index (χ0v) is 17.3. The molecule has 1 spiro atoms. The standard InChI is InChI=1S/C21H22FN3O4S/c1-27-16-6-5-14-8-24(20(26)29-18(14)7-16)9-15-3-2-4-17(19(15)22)23-30-25-10-21(11-25)12-28-13-21/h2-7,23H,8-13H2,1H3. The third kappa shape index (κ3) is 3.57. The number of halogens is 1. The molecule has 2 fully saturated rings. The summed E-state index contributed by atoms with van der Waals surface area (Å²) >= 11 is 1.40. The summed E-state index contributed by atoms with van der Waals surface area (Å²) in [6.07, 6.45) is -0.503. The van der Waals surface area contributed by atoms with Gasteiger partial charge in [-0.25, -0.2) is 13.5 Å². The van der Waals surface area contributed by atoms with Crippen molar-refractivity contribution in [2.24, 2.45) is 5.41 Å². The fraction of sp³-hybridized carbons (Fsp3) is 0.381. The normalized spacial score (nSPS) is 19.5. The molecule has 30 heavy (non-hydrogen) atoms. The molecule has 1 amide bonds. The number of nitrogens with zero attached hydrogens (tertiary/aromatic N) is 2. The van der Waals surface area contributed by atoms with E-state index in [9.17, 15) is 4.79 Å². The number of carbonyl (C=O) groups is 1. The number of ether oxygens (including phenoxy) is 3. The highest BCUT2D eigenvalue weighted by Gasteiger charge is 2.49. The van der Waals surface area contributed by atoms with E-state index in [2.05, 4.69) is 9.03 Å². The van der Waals surface area contributed by atoms with Crippen LogP contribution in [-0.4, -0.2) is 48.7 Å². The molecule has 158 valence electrons. The minimum atomic E-state index is -0.503. The van der Waals surface area contributed by atoms with Crippen LogP contribution in [0.4, 0.5) is 14.9 Å². The van der Waals surface area contributed by atoms with E-state index in [-0.39, 0.29) is 12.4 Å². The zero-order valence-electron chi connectivity index (χ0n) is 16.5. The summed E-state index contributed by atoms with van der Waals surface area (Å²) in [6.45, 7) is 3.99. The third-order valence-electron chi connectivity index (χ3n) is 5.66. The molecule has 0 saturated carbocycles. The Balaban J connectivity index is 1.23. The predicted molar refractivity (Wildman–Crippen MR) is 111 cm³/mol. The summed E-state index contributed by atoms with van der Waals surface area (Å²) in [5.41, 5.74) is 2.00. The first-order valence-corrected chi connectivity index (χ1v) is 10.5. The second-order valence-electron chi connectivity index (χ2n) is 7.96. The molecule has 9 heteroatoms. The highest BCUT2D eigenvalue weighted by molar-refractivity contribution is 7.98. The van der Waals surface area contributed by atoms with Gasteiger partial charge < -0.3 is 18.9 Å². The highest BCUT2D eigenvalue weighted by Crippen LogP contribution is 2.41. The number of benzene rings is 2. The summed E-state index contributed by atoms with van der Waals surface area (Å²) < 4.78 is 36.1. The Bertz CT molecular complexity index is 977. The number of methoxy groups -OCH3 is 1. The third-order valence-corrected chi connectivity index (χ3v) is 6.48. The number of carbonyl (C=O) groups excluding carboxylic acids is 1. The number of rotatable bonds is 6.